The molecule has 1 fully saturated rings. The van der Waals surface area contributed by atoms with E-state index in [1.807, 2.05) is 0 Å². The predicted molar refractivity (Wildman–Crippen MR) is 69.8 cm³/mol. The monoisotopic (exact) mass is 235 g/mol. The molecule has 17 heavy (non-hydrogen) atoms. The van der Waals surface area contributed by atoms with Gasteiger partial charge < -0.3 is 16.0 Å². The summed E-state index contributed by atoms with van der Waals surface area (Å²) in [6.45, 7) is 7.80. The summed E-state index contributed by atoms with van der Waals surface area (Å²) < 4.78 is 0. The summed E-state index contributed by atoms with van der Waals surface area (Å²) in [5.41, 5.74) is 6.14. The molecule has 1 aliphatic rings. The van der Waals surface area contributed by atoms with Crippen molar-refractivity contribution < 1.29 is 0 Å². The molecule has 0 radical (unpaired) electrons. The van der Waals surface area contributed by atoms with E-state index in [4.69, 9.17) is 5.73 Å². The average Bonchev–Trinajstić information content (AvgIpc) is 2.77. The van der Waals surface area contributed by atoms with Crippen LogP contribution in [0.3, 0.4) is 0 Å². The van der Waals surface area contributed by atoms with Crippen molar-refractivity contribution in [2.45, 2.75) is 26.3 Å². The summed E-state index contributed by atoms with van der Waals surface area (Å²) in [5.74, 6) is 1.36. The van der Waals surface area contributed by atoms with E-state index in [1.54, 1.807) is 12.4 Å². The number of nitrogen functional groups attached to an aromatic ring is 1. The number of nitrogens with one attached hydrogen (secondary N) is 1. The minimum atomic E-state index is 0.599. The van der Waals surface area contributed by atoms with E-state index < -0.39 is 0 Å². The maximum absolute atomic E-state index is 5.54. The molecule has 94 valence electrons. The summed E-state index contributed by atoms with van der Waals surface area (Å²) >= 11 is 0. The van der Waals surface area contributed by atoms with Crippen molar-refractivity contribution in [1.82, 2.24) is 14.9 Å². The molecule has 1 aromatic heterocycles. The first-order valence-corrected chi connectivity index (χ1v) is 6.20. The summed E-state index contributed by atoms with van der Waals surface area (Å²) in [4.78, 5) is 10.8. The highest BCUT2D eigenvalue weighted by atomic mass is 15.2. The standard InChI is InChI=1S/C12H21N5/c1-9(2)17-4-3-10(8-17)5-14-12-15-6-11(13)7-16-12/h6-7,9-10H,3-5,8,13H2,1-2H3,(H,14,15,16). The number of nitrogens with zero attached hydrogens (tertiary/aromatic N) is 3. The molecule has 0 aromatic carbocycles. The molecule has 1 saturated heterocycles. The van der Waals surface area contributed by atoms with Gasteiger partial charge in [-0.2, -0.15) is 0 Å². The van der Waals surface area contributed by atoms with Crippen molar-refractivity contribution in [2.75, 3.05) is 30.7 Å². The van der Waals surface area contributed by atoms with Crippen LogP contribution in [0.5, 0.6) is 0 Å². The molecule has 0 amide bonds. The Balaban J connectivity index is 1.78. The summed E-state index contributed by atoms with van der Waals surface area (Å²) in [6.07, 6.45) is 4.51. The minimum absolute atomic E-state index is 0.599. The van der Waals surface area contributed by atoms with Gasteiger partial charge in [-0.15, -0.1) is 0 Å². The molecule has 5 heteroatoms. The van der Waals surface area contributed by atoms with Gasteiger partial charge in [-0.1, -0.05) is 0 Å². The number of hydrogen-bond donors (Lipinski definition) is 2. The Hall–Kier alpha value is -1.36. The van der Waals surface area contributed by atoms with Crippen LogP contribution in [0, 0.1) is 5.92 Å². The highest BCUT2D eigenvalue weighted by molar-refractivity contribution is 5.35. The van der Waals surface area contributed by atoms with Gasteiger partial charge in [-0.3, -0.25) is 0 Å². The van der Waals surface area contributed by atoms with E-state index >= 15 is 0 Å². The van der Waals surface area contributed by atoms with Crippen molar-refractivity contribution in [3.8, 4) is 0 Å². The third-order valence-electron chi connectivity index (χ3n) is 3.27. The molecule has 1 atom stereocenters. The van der Waals surface area contributed by atoms with Gasteiger partial charge in [0.15, 0.2) is 0 Å². The topological polar surface area (TPSA) is 67.1 Å². The van der Waals surface area contributed by atoms with Crippen LogP contribution in [0.2, 0.25) is 0 Å². The molecule has 5 nitrogen and oxygen atoms in total. The van der Waals surface area contributed by atoms with Crippen LogP contribution in [0.4, 0.5) is 11.6 Å². The van der Waals surface area contributed by atoms with Crippen LogP contribution in [-0.4, -0.2) is 40.5 Å². The molecule has 0 bridgehead atoms. The third-order valence-corrected chi connectivity index (χ3v) is 3.27. The van der Waals surface area contributed by atoms with Crippen molar-refractivity contribution in [1.29, 1.82) is 0 Å². The zero-order chi connectivity index (χ0) is 12.3. The number of likely N-dealkylation sites (tertiary alicyclic amines) is 1. The highest BCUT2D eigenvalue weighted by Gasteiger charge is 2.23. The van der Waals surface area contributed by atoms with Crippen molar-refractivity contribution >= 4 is 11.6 Å². The second-order valence-electron chi connectivity index (χ2n) is 4.96. The van der Waals surface area contributed by atoms with Crippen LogP contribution < -0.4 is 11.1 Å². The van der Waals surface area contributed by atoms with Crippen LogP contribution in [0.15, 0.2) is 12.4 Å². The number of rotatable bonds is 4. The quantitative estimate of drug-likeness (QED) is 0.821. The molecule has 0 aliphatic carbocycles. The molecule has 0 spiro atoms. The highest BCUT2D eigenvalue weighted by Crippen LogP contribution is 2.18. The number of hydrogen-bond acceptors (Lipinski definition) is 5. The minimum Gasteiger partial charge on any atom is -0.396 e. The van der Waals surface area contributed by atoms with Gasteiger partial charge in [-0.25, -0.2) is 9.97 Å². The van der Waals surface area contributed by atoms with Gasteiger partial charge >= 0.3 is 0 Å². The van der Waals surface area contributed by atoms with Crippen molar-refractivity contribution in [3.63, 3.8) is 0 Å². The smallest absolute Gasteiger partial charge is 0.222 e. The van der Waals surface area contributed by atoms with E-state index in [0.29, 0.717) is 23.6 Å². The number of aromatic nitrogens is 2. The number of nitrogens with two attached hydrogens (primary N) is 1. The van der Waals surface area contributed by atoms with E-state index in [1.165, 1.54) is 19.5 Å². The van der Waals surface area contributed by atoms with Gasteiger partial charge in [-0.05, 0) is 32.7 Å². The fraction of sp³-hybridized carbons (Fsp3) is 0.667. The Labute approximate surface area is 102 Å². The lowest BCUT2D eigenvalue weighted by Crippen LogP contribution is -2.29. The van der Waals surface area contributed by atoms with E-state index in [-0.39, 0.29) is 0 Å². The summed E-state index contributed by atoms with van der Waals surface area (Å²) in [5, 5.41) is 3.27. The first-order chi connectivity index (χ1) is 8.15. The first-order valence-electron chi connectivity index (χ1n) is 6.20. The lowest BCUT2D eigenvalue weighted by atomic mass is 10.1. The molecule has 0 saturated carbocycles. The SMILES string of the molecule is CC(C)N1CCC(CNc2ncc(N)cn2)C1. The van der Waals surface area contributed by atoms with Gasteiger partial charge in [0.05, 0.1) is 18.1 Å². The molecule has 2 rings (SSSR count). The molecule has 1 aromatic rings. The van der Waals surface area contributed by atoms with Crippen molar-refractivity contribution in [2.24, 2.45) is 5.92 Å². The number of anilines is 2. The Kier molecular flexibility index (Phi) is 3.78. The maximum atomic E-state index is 5.54. The Morgan fingerprint density at radius 2 is 2.18 bits per heavy atom. The van der Waals surface area contributed by atoms with E-state index in [9.17, 15) is 0 Å². The third kappa shape index (κ3) is 3.30. The van der Waals surface area contributed by atoms with Crippen LogP contribution in [0.1, 0.15) is 20.3 Å². The molecule has 3 N–H and O–H groups in total. The van der Waals surface area contributed by atoms with Gasteiger partial charge in [0, 0.05) is 19.1 Å². The van der Waals surface area contributed by atoms with Crippen LogP contribution in [0.25, 0.3) is 0 Å². The molecule has 1 unspecified atom stereocenters. The molecule has 2 heterocycles. The summed E-state index contributed by atoms with van der Waals surface area (Å²) in [7, 11) is 0. The van der Waals surface area contributed by atoms with Crippen LogP contribution >= 0.6 is 0 Å². The molecular weight excluding hydrogens is 214 g/mol. The van der Waals surface area contributed by atoms with Gasteiger partial charge in [0.1, 0.15) is 0 Å². The van der Waals surface area contributed by atoms with Crippen molar-refractivity contribution in [3.05, 3.63) is 12.4 Å². The maximum Gasteiger partial charge on any atom is 0.222 e. The summed E-state index contributed by atoms with van der Waals surface area (Å²) in [6, 6.07) is 0.646. The fourth-order valence-electron chi connectivity index (χ4n) is 2.16. The zero-order valence-electron chi connectivity index (χ0n) is 10.6. The second kappa shape index (κ2) is 5.31. The normalized spacial score (nSPS) is 21.0. The largest absolute Gasteiger partial charge is 0.396 e. The Morgan fingerprint density at radius 1 is 1.47 bits per heavy atom. The zero-order valence-corrected chi connectivity index (χ0v) is 10.6. The van der Waals surface area contributed by atoms with Gasteiger partial charge in [0.2, 0.25) is 5.95 Å². The molecule has 1 aliphatic heterocycles. The van der Waals surface area contributed by atoms with E-state index in [2.05, 4.69) is 34.0 Å². The lowest BCUT2D eigenvalue weighted by Gasteiger charge is -2.20. The Bertz CT molecular complexity index is 348. The van der Waals surface area contributed by atoms with Gasteiger partial charge in [0.25, 0.3) is 0 Å². The fourth-order valence-corrected chi connectivity index (χ4v) is 2.16. The van der Waals surface area contributed by atoms with Crippen LogP contribution in [-0.2, 0) is 0 Å². The van der Waals surface area contributed by atoms with E-state index in [0.717, 1.165) is 6.54 Å². The first kappa shape index (κ1) is 12.1. The molecular formula is C12H21N5. The Morgan fingerprint density at radius 3 is 2.76 bits per heavy atom. The predicted octanol–water partition coefficient (Wildman–Crippen LogP) is 1.20. The average molecular weight is 235 g/mol. The second-order valence-corrected chi connectivity index (χ2v) is 4.96. The lowest BCUT2D eigenvalue weighted by molar-refractivity contribution is 0.266.